The van der Waals surface area contributed by atoms with Crippen LogP contribution in [0.25, 0.3) is 22.6 Å². The number of tetrazole rings is 1. The zero-order valence-corrected chi connectivity index (χ0v) is 19.3. The number of aromatic amines is 1. The lowest BCUT2D eigenvalue weighted by Gasteiger charge is -2.28. The van der Waals surface area contributed by atoms with Gasteiger partial charge in [0.2, 0.25) is 0 Å². The molecule has 0 amide bonds. The molecule has 1 aliphatic heterocycles. The van der Waals surface area contributed by atoms with Crippen molar-refractivity contribution >= 4 is 34.1 Å². The third-order valence-corrected chi connectivity index (χ3v) is 5.82. The maximum atomic E-state index is 9.74. The molecule has 1 fully saturated rings. The van der Waals surface area contributed by atoms with Crippen LogP contribution < -0.4 is 10.2 Å². The van der Waals surface area contributed by atoms with Crippen LogP contribution in [-0.4, -0.2) is 61.9 Å². The van der Waals surface area contributed by atoms with Crippen molar-refractivity contribution in [3.05, 3.63) is 46.2 Å². The van der Waals surface area contributed by atoms with Crippen LogP contribution in [0.3, 0.4) is 0 Å². The van der Waals surface area contributed by atoms with Crippen LogP contribution in [0.2, 0.25) is 5.15 Å². The molecule has 0 radical (unpaired) electrons. The highest BCUT2D eigenvalue weighted by molar-refractivity contribution is 6.29. The van der Waals surface area contributed by atoms with Gasteiger partial charge in [-0.3, -0.25) is 0 Å². The molecule has 12 heteroatoms. The zero-order valence-electron chi connectivity index (χ0n) is 18.6. The molecule has 2 N–H and O–H groups in total. The molecule has 4 aromatic rings. The number of nitrogens with zero attached hydrogens (tertiary/aromatic N) is 8. The van der Waals surface area contributed by atoms with Crippen LogP contribution in [-0.2, 0) is 4.74 Å². The first-order valence-corrected chi connectivity index (χ1v) is 11.1. The smallest absolute Gasteiger partial charge is 0.200 e. The lowest BCUT2D eigenvalue weighted by molar-refractivity contribution is 0.122. The molecule has 5 rings (SSSR count). The monoisotopic (exact) mass is 476 g/mol. The van der Waals surface area contributed by atoms with Crippen molar-refractivity contribution in [2.75, 3.05) is 36.5 Å². The van der Waals surface area contributed by atoms with Gasteiger partial charge in [0.25, 0.3) is 0 Å². The fourth-order valence-electron chi connectivity index (χ4n) is 4.03. The van der Waals surface area contributed by atoms with Crippen LogP contribution >= 0.6 is 11.6 Å². The molecule has 3 aromatic heterocycles. The minimum Gasteiger partial charge on any atom is -0.378 e. The Morgan fingerprint density at radius 2 is 2.03 bits per heavy atom. The molecule has 1 saturated heterocycles. The minimum atomic E-state index is -0.181. The van der Waals surface area contributed by atoms with E-state index < -0.39 is 0 Å². The average molecular weight is 477 g/mol. The molecule has 1 atom stereocenters. The number of nitriles is 1. The Labute approximate surface area is 200 Å². The largest absolute Gasteiger partial charge is 0.378 e. The van der Waals surface area contributed by atoms with Gasteiger partial charge in [-0.05, 0) is 48.0 Å². The number of aromatic nitrogens is 7. The molecule has 0 aliphatic carbocycles. The third kappa shape index (κ3) is 4.21. The lowest BCUT2D eigenvalue weighted by atomic mass is 10.0. The number of pyridine rings is 1. The van der Waals surface area contributed by atoms with Crippen LogP contribution in [0, 0.1) is 18.3 Å². The number of aryl methyl sites for hydroxylation is 1. The Morgan fingerprint density at radius 3 is 2.76 bits per heavy atom. The number of halogens is 1. The number of morpholine rings is 1. The highest BCUT2D eigenvalue weighted by Gasteiger charge is 2.22. The maximum Gasteiger partial charge on any atom is 0.200 e. The summed E-state index contributed by atoms with van der Waals surface area (Å²) >= 11 is 6.13. The SMILES string of the molecule is Cc1cc([C@@H](C)Nc2ccc(Cl)nc2-c2nnn[nH]2)c2nc(N3CCOCC3)c(C#N)nc2c1. The summed E-state index contributed by atoms with van der Waals surface area (Å²) in [4.78, 5) is 16.0. The summed E-state index contributed by atoms with van der Waals surface area (Å²) in [6.07, 6.45) is 0. The van der Waals surface area contributed by atoms with Crippen molar-refractivity contribution in [2.45, 2.75) is 19.9 Å². The Hall–Kier alpha value is -3.88. The van der Waals surface area contributed by atoms with Crippen molar-refractivity contribution < 1.29 is 4.74 Å². The van der Waals surface area contributed by atoms with E-state index in [2.05, 4.69) is 48.0 Å². The molecule has 11 nitrogen and oxygen atoms in total. The van der Waals surface area contributed by atoms with Crippen molar-refractivity contribution in [3.63, 3.8) is 0 Å². The average Bonchev–Trinajstić information content (AvgIpc) is 3.39. The molecule has 1 aliphatic rings. The first-order valence-electron chi connectivity index (χ1n) is 10.8. The number of H-pyrrole nitrogens is 1. The second kappa shape index (κ2) is 9.17. The van der Waals surface area contributed by atoms with Crippen molar-refractivity contribution in [1.82, 2.24) is 35.6 Å². The van der Waals surface area contributed by atoms with Crippen LogP contribution in [0.5, 0.6) is 0 Å². The van der Waals surface area contributed by atoms with Gasteiger partial charge in [-0.2, -0.15) is 5.26 Å². The summed E-state index contributed by atoms with van der Waals surface area (Å²) in [5, 5.41) is 27.5. The number of nitrogens with one attached hydrogen (secondary N) is 2. The molecule has 4 heterocycles. The summed E-state index contributed by atoms with van der Waals surface area (Å²) in [5.41, 5.74) is 4.89. The lowest BCUT2D eigenvalue weighted by Crippen LogP contribution is -2.37. The number of anilines is 2. The van der Waals surface area contributed by atoms with Gasteiger partial charge in [-0.15, -0.1) is 5.10 Å². The molecule has 1 aromatic carbocycles. The van der Waals surface area contributed by atoms with Crippen molar-refractivity contribution in [1.29, 1.82) is 5.26 Å². The van der Waals surface area contributed by atoms with E-state index in [0.717, 1.165) is 16.6 Å². The number of rotatable bonds is 5. The first kappa shape index (κ1) is 21.9. The van der Waals surface area contributed by atoms with E-state index in [1.807, 2.05) is 30.9 Å². The number of benzene rings is 1. The van der Waals surface area contributed by atoms with Crippen molar-refractivity contribution in [2.24, 2.45) is 0 Å². The van der Waals surface area contributed by atoms with Gasteiger partial charge in [-0.1, -0.05) is 17.7 Å². The number of hydrogen-bond donors (Lipinski definition) is 2. The quantitative estimate of drug-likeness (QED) is 0.412. The Kier molecular flexibility index (Phi) is 5.91. The third-order valence-electron chi connectivity index (χ3n) is 5.61. The van der Waals surface area contributed by atoms with Crippen LogP contribution in [0.4, 0.5) is 11.5 Å². The van der Waals surface area contributed by atoms with Gasteiger partial charge in [0.1, 0.15) is 16.9 Å². The molecule has 0 unspecified atom stereocenters. The molecular weight excluding hydrogens is 456 g/mol. The van der Waals surface area contributed by atoms with E-state index in [4.69, 9.17) is 21.3 Å². The summed E-state index contributed by atoms with van der Waals surface area (Å²) in [6, 6.07) is 9.58. The predicted molar refractivity (Wildman–Crippen MR) is 126 cm³/mol. The van der Waals surface area contributed by atoms with Gasteiger partial charge in [-0.25, -0.2) is 20.1 Å². The van der Waals surface area contributed by atoms with E-state index in [1.54, 1.807) is 6.07 Å². The fraction of sp³-hybridized carbons (Fsp3) is 0.318. The van der Waals surface area contributed by atoms with E-state index in [-0.39, 0.29) is 6.04 Å². The second-order valence-corrected chi connectivity index (χ2v) is 8.36. The summed E-state index contributed by atoms with van der Waals surface area (Å²) in [6.45, 7) is 6.52. The standard InChI is InChI=1S/C22H21ClN10O/c1-12-9-14(13(2)25-15-3-4-18(23)27-20(15)21-29-31-32-30-21)19-16(10-12)26-17(11-24)22(28-19)33-5-7-34-8-6-33/h3-4,9-10,13,25H,5-8H2,1-2H3,(H,29,30,31,32)/t13-/m1/s1. The first-order chi connectivity index (χ1) is 16.5. The summed E-state index contributed by atoms with van der Waals surface area (Å²) in [7, 11) is 0. The number of ether oxygens (including phenoxy) is 1. The zero-order chi connectivity index (χ0) is 23.7. The van der Waals surface area contributed by atoms with Crippen molar-refractivity contribution in [3.8, 4) is 17.6 Å². The van der Waals surface area contributed by atoms with E-state index in [1.165, 1.54) is 0 Å². The molecule has 0 spiro atoms. The molecule has 0 saturated carbocycles. The van der Waals surface area contributed by atoms with Gasteiger partial charge in [0, 0.05) is 18.7 Å². The van der Waals surface area contributed by atoms with Gasteiger partial charge in [0.15, 0.2) is 17.3 Å². The summed E-state index contributed by atoms with van der Waals surface area (Å²) < 4.78 is 5.46. The molecular formula is C22H21ClN10O. The molecule has 34 heavy (non-hydrogen) atoms. The molecule has 0 bridgehead atoms. The maximum absolute atomic E-state index is 9.74. The summed E-state index contributed by atoms with van der Waals surface area (Å²) in [5.74, 6) is 0.983. The van der Waals surface area contributed by atoms with E-state index in [9.17, 15) is 5.26 Å². The van der Waals surface area contributed by atoms with E-state index >= 15 is 0 Å². The van der Waals surface area contributed by atoms with Gasteiger partial charge >= 0.3 is 0 Å². The van der Waals surface area contributed by atoms with Gasteiger partial charge < -0.3 is 15.0 Å². The molecule has 172 valence electrons. The normalized spacial score (nSPS) is 14.7. The number of hydrogen-bond acceptors (Lipinski definition) is 10. The number of fused-ring (bicyclic) bond motifs is 1. The topological polar surface area (TPSA) is 141 Å². The predicted octanol–water partition coefficient (Wildman–Crippen LogP) is 3.05. The Morgan fingerprint density at radius 1 is 1.21 bits per heavy atom. The van der Waals surface area contributed by atoms with E-state index in [0.29, 0.717) is 65.7 Å². The highest BCUT2D eigenvalue weighted by atomic mass is 35.5. The fourth-order valence-corrected chi connectivity index (χ4v) is 4.17. The second-order valence-electron chi connectivity index (χ2n) is 7.97. The van der Waals surface area contributed by atoms with Gasteiger partial charge in [0.05, 0.1) is 36.0 Å². The highest BCUT2D eigenvalue weighted by Crippen LogP contribution is 2.32. The van der Waals surface area contributed by atoms with Crippen LogP contribution in [0.15, 0.2) is 24.3 Å². The minimum absolute atomic E-state index is 0.181. The Bertz CT molecular complexity index is 1380. The Balaban J connectivity index is 1.58. The van der Waals surface area contributed by atoms with Crippen LogP contribution in [0.1, 0.15) is 29.8 Å².